The molecular formula is C23H21NO4. The Labute approximate surface area is 162 Å². The first-order valence-corrected chi connectivity index (χ1v) is 9.10. The summed E-state index contributed by atoms with van der Waals surface area (Å²) < 4.78 is 16.3. The average molecular weight is 375 g/mol. The summed E-state index contributed by atoms with van der Waals surface area (Å²) in [5.74, 6) is 1.46. The van der Waals surface area contributed by atoms with Gasteiger partial charge in [-0.15, -0.1) is 0 Å². The third-order valence-corrected chi connectivity index (χ3v) is 4.80. The molecular weight excluding hydrogens is 354 g/mol. The first kappa shape index (κ1) is 17.9. The van der Waals surface area contributed by atoms with Crippen LogP contribution in [0.1, 0.15) is 16.1 Å². The Balaban J connectivity index is 1.46. The molecule has 0 aliphatic rings. The molecule has 4 aromatic rings. The molecule has 142 valence electrons. The number of methoxy groups -OCH3 is 2. The lowest BCUT2D eigenvalue weighted by molar-refractivity contribution is 0.0928. The van der Waals surface area contributed by atoms with Crippen LogP contribution in [0.2, 0.25) is 0 Å². The van der Waals surface area contributed by atoms with Gasteiger partial charge in [0.1, 0.15) is 5.58 Å². The van der Waals surface area contributed by atoms with Gasteiger partial charge in [-0.2, -0.15) is 0 Å². The van der Waals surface area contributed by atoms with Crippen LogP contribution in [-0.2, 0) is 6.42 Å². The summed E-state index contributed by atoms with van der Waals surface area (Å²) in [5.41, 5.74) is 1.76. The van der Waals surface area contributed by atoms with Gasteiger partial charge in [-0.05, 0) is 47.0 Å². The number of nitrogens with one attached hydrogen (secondary N) is 1. The molecule has 0 spiro atoms. The molecule has 28 heavy (non-hydrogen) atoms. The van der Waals surface area contributed by atoms with Gasteiger partial charge in [-0.25, -0.2) is 0 Å². The Morgan fingerprint density at radius 1 is 0.929 bits per heavy atom. The lowest BCUT2D eigenvalue weighted by Gasteiger charge is -2.09. The number of fused-ring (bicyclic) bond motifs is 3. The van der Waals surface area contributed by atoms with Gasteiger partial charge in [0.2, 0.25) is 0 Å². The highest BCUT2D eigenvalue weighted by Gasteiger charge is 2.14. The van der Waals surface area contributed by atoms with Crippen molar-refractivity contribution in [3.8, 4) is 11.5 Å². The van der Waals surface area contributed by atoms with E-state index in [1.165, 1.54) is 0 Å². The van der Waals surface area contributed by atoms with Gasteiger partial charge in [0.05, 0.1) is 14.2 Å². The predicted octanol–water partition coefficient (Wildman–Crippen LogP) is 4.58. The maximum atomic E-state index is 12.5. The van der Waals surface area contributed by atoms with E-state index in [1.807, 2.05) is 60.7 Å². The fourth-order valence-corrected chi connectivity index (χ4v) is 3.35. The Morgan fingerprint density at radius 2 is 1.75 bits per heavy atom. The van der Waals surface area contributed by atoms with E-state index in [0.29, 0.717) is 35.8 Å². The fourth-order valence-electron chi connectivity index (χ4n) is 3.35. The maximum Gasteiger partial charge on any atom is 0.287 e. The van der Waals surface area contributed by atoms with Gasteiger partial charge in [-0.1, -0.05) is 36.4 Å². The number of amides is 1. The number of furan rings is 1. The van der Waals surface area contributed by atoms with Crippen molar-refractivity contribution in [3.63, 3.8) is 0 Å². The van der Waals surface area contributed by atoms with Gasteiger partial charge < -0.3 is 19.2 Å². The summed E-state index contributed by atoms with van der Waals surface area (Å²) in [4.78, 5) is 12.5. The molecule has 4 rings (SSSR count). The molecule has 1 amide bonds. The molecule has 1 aromatic heterocycles. The molecule has 0 aliphatic carbocycles. The van der Waals surface area contributed by atoms with E-state index in [9.17, 15) is 4.79 Å². The summed E-state index contributed by atoms with van der Waals surface area (Å²) in [6.45, 7) is 0.492. The van der Waals surface area contributed by atoms with Crippen LogP contribution in [0.5, 0.6) is 11.5 Å². The monoisotopic (exact) mass is 375 g/mol. The second-order valence-corrected chi connectivity index (χ2v) is 6.50. The summed E-state index contributed by atoms with van der Waals surface area (Å²) in [7, 11) is 3.21. The minimum Gasteiger partial charge on any atom is -0.493 e. The maximum absolute atomic E-state index is 12.5. The minimum absolute atomic E-state index is 0.222. The number of hydrogen-bond acceptors (Lipinski definition) is 4. The Hall–Kier alpha value is -3.47. The Kier molecular flexibility index (Phi) is 4.89. The number of benzene rings is 3. The van der Waals surface area contributed by atoms with Crippen molar-refractivity contribution in [1.29, 1.82) is 0 Å². The van der Waals surface area contributed by atoms with Crippen LogP contribution in [0, 0.1) is 0 Å². The quantitative estimate of drug-likeness (QED) is 0.536. The van der Waals surface area contributed by atoms with Gasteiger partial charge >= 0.3 is 0 Å². The van der Waals surface area contributed by atoms with Crippen molar-refractivity contribution in [2.45, 2.75) is 6.42 Å². The van der Waals surface area contributed by atoms with Crippen molar-refractivity contribution < 1.29 is 18.7 Å². The van der Waals surface area contributed by atoms with Crippen LogP contribution in [0.4, 0.5) is 0 Å². The number of hydrogen-bond donors (Lipinski definition) is 1. The van der Waals surface area contributed by atoms with E-state index in [2.05, 4.69) is 5.32 Å². The highest BCUT2D eigenvalue weighted by Crippen LogP contribution is 2.29. The zero-order valence-electron chi connectivity index (χ0n) is 15.8. The second kappa shape index (κ2) is 7.64. The minimum atomic E-state index is -0.222. The molecule has 1 heterocycles. The molecule has 3 aromatic carbocycles. The van der Waals surface area contributed by atoms with Crippen molar-refractivity contribution in [3.05, 3.63) is 72.0 Å². The van der Waals surface area contributed by atoms with E-state index in [4.69, 9.17) is 13.9 Å². The smallest absolute Gasteiger partial charge is 0.287 e. The van der Waals surface area contributed by atoms with Gasteiger partial charge in [0.25, 0.3) is 5.91 Å². The molecule has 0 atom stereocenters. The second-order valence-electron chi connectivity index (χ2n) is 6.50. The Morgan fingerprint density at radius 3 is 2.57 bits per heavy atom. The molecule has 0 saturated carbocycles. The molecule has 0 radical (unpaired) electrons. The number of ether oxygens (including phenoxy) is 2. The van der Waals surface area contributed by atoms with E-state index in [-0.39, 0.29) is 5.91 Å². The first-order valence-electron chi connectivity index (χ1n) is 9.10. The zero-order chi connectivity index (χ0) is 19.5. The van der Waals surface area contributed by atoms with Crippen LogP contribution < -0.4 is 14.8 Å². The van der Waals surface area contributed by atoms with Crippen molar-refractivity contribution in [2.75, 3.05) is 20.8 Å². The first-order chi connectivity index (χ1) is 13.7. The number of rotatable bonds is 6. The molecule has 0 saturated heterocycles. The van der Waals surface area contributed by atoms with Crippen LogP contribution in [0.3, 0.4) is 0 Å². The molecule has 0 aliphatic heterocycles. The van der Waals surface area contributed by atoms with E-state index in [1.54, 1.807) is 14.2 Å². The van der Waals surface area contributed by atoms with Crippen LogP contribution in [0.15, 0.2) is 65.1 Å². The van der Waals surface area contributed by atoms with Crippen LogP contribution in [0.25, 0.3) is 21.7 Å². The molecule has 5 nitrogen and oxygen atoms in total. The third-order valence-electron chi connectivity index (χ3n) is 4.80. The largest absolute Gasteiger partial charge is 0.493 e. The summed E-state index contributed by atoms with van der Waals surface area (Å²) in [6, 6.07) is 19.5. The fraction of sp³-hybridized carbons (Fsp3) is 0.174. The van der Waals surface area contributed by atoms with Crippen molar-refractivity contribution in [1.82, 2.24) is 5.32 Å². The summed E-state index contributed by atoms with van der Waals surface area (Å²) in [5, 5.41) is 6.06. The number of carbonyl (C=O) groups excluding carboxylic acids is 1. The van der Waals surface area contributed by atoms with E-state index >= 15 is 0 Å². The summed E-state index contributed by atoms with van der Waals surface area (Å²) in [6.07, 6.45) is 0.676. The predicted molar refractivity (Wildman–Crippen MR) is 109 cm³/mol. The molecule has 5 heteroatoms. The van der Waals surface area contributed by atoms with Crippen LogP contribution >= 0.6 is 0 Å². The standard InChI is InChI=1S/C23H21NO4/c1-26-20-9-7-15(13-21(20)27-2)11-12-24-23(25)22-14-18-17-6-4-3-5-16(17)8-10-19(18)28-22/h3-10,13-14H,11-12H2,1-2H3,(H,24,25). The average Bonchev–Trinajstić information content (AvgIpc) is 3.18. The van der Waals surface area contributed by atoms with Gasteiger partial charge in [-0.3, -0.25) is 4.79 Å². The van der Waals surface area contributed by atoms with E-state index < -0.39 is 0 Å². The highest BCUT2D eigenvalue weighted by molar-refractivity contribution is 6.08. The van der Waals surface area contributed by atoms with Crippen molar-refractivity contribution >= 4 is 27.6 Å². The third kappa shape index (κ3) is 3.39. The van der Waals surface area contributed by atoms with Gasteiger partial charge in [0, 0.05) is 11.9 Å². The molecule has 0 bridgehead atoms. The van der Waals surface area contributed by atoms with Crippen molar-refractivity contribution in [2.24, 2.45) is 0 Å². The lowest BCUT2D eigenvalue weighted by Crippen LogP contribution is -2.25. The van der Waals surface area contributed by atoms with E-state index in [0.717, 1.165) is 21.7 Å². The topological polar surface area (TPSA) is 60.7 Å². The summed E-state index contributed by atoms with van der Waals surface area (Å²) >= 11 is 0. The normalized spacial score (nSPS) is 10.9. The number of carbonyl (C=O) groups is 1. The van der Waals surface area contributed by atoms with Crippen LogP contribution in [-0.4, -0.2) is 26.7 Å². The SMILES string of the molecule is COc1ccc(CCNC(=O)c2cc3c(ccc4ccccc43)o2)cc1OC. The molecule has 1 N–H and O–H groups in total. The zero-order valence-corrected chi connectivity index (χ0v) is 15.8. The molecule has 0 unspecified atom stereocenters. The highest BCUT2D eigenvalue weighted by atomic mass is 16.5. The lowest BCUT2D eigenvalue weighted by atomic mass is 10.1. The molecule has 0 fully saturated rings. The Bertz CT molecular complexity index is 1150. The van der Waals surface area contributed by atoms with Gasteiger partial charge in [0.15, 0.2) is 17.3 Å².